The Bertz CT molecular complexity index is 1270. The molecule has 0 spiro atoms. The van der Waals surface area contributed by atoms with Crippen molar-refractivity contribution in [3.05, 3.63) is 96.1 Å². The topological polar surface area (TPSA) is 94.2 Å². The van der Waals surface area contributed by atoms with Gasteiger partial charge in [-0.1, -0.05) is 60.7 Å². The van der Waals surface area contributed by atoms with Gasteiger partial charge < -0.3 is 20.3 Å². The molecule has 41 heavy (non-hydrogen) atoms. The smallest absolute Gasteiger partial charge is 0.243 e. The van der Waals surface area contributed by atoms with Crippen LogP contribution in [0.25, 0.3) is 0 Å². The Balaban J connectivity index is 1.18. The predicted molar refractivity (Wildman–Crippen MR) is 157 cm³/mol. The molecule has 0 bridgehead atoms. The minimum absolute atomic E-state index is 0.104. The van der Waals surface area contributed by atoms with Gasteiger partial charge in [-0.05, 0) is 35.4 Å². The third-order valence-corrected chi connectivity index (χ3v) is 7.77. The van der Waals surface area contributed by atoms with Gasteiger partial charge in [-0.25, -0.2) is 0 Å². The molecule has 9 nitrogen and oxygen atoms in total. The summed E-state index contributed by atoms with van der Waals surface area (Å²) in [6.45, 7) is 4.10. The van der Waals surface area contributed by atoms with Crippen molar-refractivity contribution in [2.24, 2.45) is 0 Å². The minimum Gasteiger partial charge on any atom is -0.497 e. The fourth-order valence-electron chi connectivity index (χ4n) is 5.62. The summed E-state index contributed by atoms with van der Waals surface area (Å²) in [5.74, 6) is -0.0644. The zero-order chi connectivity index (χ0) is 28.6. The monoisotopic (exact) mass is 555 g/mol. The van der Waals surface area contributed by atoms with Crippen molar-refractivity contribution in [3.8, 4) is 5.75 Å². The van der Waals surface area contributed by atoms with E-state index in [4.69, 9.17) is 4.74 Å². The number of methoxy groups -OCH3 is 1. The molecule has 2 fully saturated rings. The first kappa shape index (κ1) is 28.3. The minimum atomic E-state index is -0.837. The number of hydrogen-bond acceptors (Lipinski definition) is 6. The van der Waals surface area contributed by atoms with Crippen LogP contribution in [0, 0.1) is 0 Å². The van der Waals surface area contributed by atoms with Gasteiger partial charge >= 0.3 is 0 Å². The van der Waals surface area contributed by atoms with Gasteiger partial charge in [-0.3, -0.25) is 24.2 Å². The van der Waals surface area contributed by atoms with Gasteiger partial charge in [-0.15, -0.1) is 0 Å². The van der Waals surface area contributed by atoms with Gasteiger partial charge in [-0.2, -0.15) is 0 Å². The summed E-state index contributed by atoms with van der Waals surface area (Å²) in [5.41, 5.74) is 3.10. The molecule has 1 atom stereocenters. The average Bonchev–Trinajstić information content (AvgIpc) is 3.00. The molecular weight excluding hydrogens is 518 g/mol. The van der Waals surface area contributed by atoms with Crippen LogP contribution in [0.15, 0.2) is 84.9 Å². The summed E-state index contributed by atoms with van der Waals surface area (Å²) in [6.07, 6.45) is -0.104. The van der Waals surface area contributed by atoms with Crippen LogP contribution in [0.4, 0.5) is 5.69 Å². The molecule has 9 heteroatoms. The van der Waals surface area contributed by atoms with Crippen molar-refractivity contribution in [2.45, 2.75) is 18.5 Å². The highest BCUT2D eigenvalue weighted by atomic mass is 16.5. The Morgan fingerprint density at radius 2 is 1.49 bits per heavy atom. The lowest BCUT2D eigenvalue weighted by molar-refractivity contribution is -0.145. The third-order valence-electron chi connectivity index (χ3n) is 7.77. The van der Waals surface area contributed by atoms with E-state index in [1.807, 2.05) is 12.1 Å². The van der Waals surface area contributed by atoms with E-state index in [-0.39, 0.29) is 36.7 Å². The Morgan fingerprint density at radius 3 is 2.07 bits per heavy atom. The van der Waals surface area contributed by atoms with E-state index in [0.717, 1.165) is 26.2 Å². The first-order valence-electron chi connectivity index (χ1n) is 14.1. The predicted octanol–water partition coefficient (Wildman–Crippen LogP) is 2.76. The highest BCUT2D eigenvalue weighted by Gasteiger charge is 2.36. The second-order valence-corrected chi connectivity index (χ2v) is 10.4. The summed E-state index contributed by atoms with van der Waals surface area (Å²) in [5, 5.41) is 5.62. The lowest BCUT2D eigenvalue weighted by Gasteiger charge is -2.41. The summed E-state index contributed by atoms with van der Waals surface area (Å²) in [4.78, 5) is 45.1. The molecule has 2 heterocycles. The maximum absolute atomic E-state index is 13.4. The number of benzene rings is 3. The fourth-order valence-corrected chi connectivity index (χ4v) is 5.62. The van der Waals surface area contributed by atoms with Crippen LogP contribution in [0.3, 0.4) is 0 Å². The van der Waals surface area contributed by atoms with Crippen LogP contribution in [-0.2, 0) is 14.4 Å². The van der Waals surface area contributed by atoms with Crippen LogP contribution in [-0.4, -0.2) is 91.4 Å². The number of anilines is 1. The van der Waals surface area contributed by atoms with E-state index >= 15 is 0 Å². The summed E-state index contributed by atoms with van der Waals surface area (Å²) in [7, 11) is 1.58. The van der Waals surface area contributed by atoms with Gasteiger partial charge in [0.05, 0.1) is 26.1 Å². The maximum atomic E-state index is 13.4. The van der Waals surface area contributed by atoms with Crippen molar-refractivity contribution in [2.75, 3.05) is 58.2 Å². The highest BCUT2D eigenvalue weighted by Crippen LogP contribution is 2.29. The second-order valence-electron chi connectivity index (χ2n) is 10.4. The van der Waals surface area contributed by atoms with Gasteiger partial charge in [0.2, 0.25) is 17.7 Å². The summed E-state index contributed by atoms with van der Waals surface area (Å²) < 4.78 is 5.15. The van der Waals surface area contributed by atoms with E-state index in [9.17, 15) is 14.4 Å². The number of nitrogens with zero attached hydrogens (tertiary/aromatic N) is 3. The molecule has 3 amide bonds. The number of carbonyl (C=O) groups excluding carboxylic acids is 3. The van der Waals surface area contributed by atoms with E-state index in [1.54, 1.807) is 36.3 Å². The van der Waals surface area contributed by atoms with Gasteiger partial charge in [0.15, 0.2) is 0 Å². The number of hydrogen-bond donors (Lipinski definition) is 2. The quantitative estimate of drug-likeness (QED) is 0.422. The maximum Gasteiger partial charge on any atom is 0.243 e. The Morgan fingerprint density at radius 1 is 0.878 bits per heavy atom. The molecule has 5 rings (SSSR count). The van der Waals surface area contributed by atoms with Crippen LogP contribution >= 0.6 is 0 Å². The number of carbonyl (C=O) groups is 3. The molecular formula is C32H37N5O4. The Labute approximate surface area is 241 Å². The lowest BCUT2D eigenvalue weighted by Crippen LogP contribution is -2.60. The first-order valence-corrected chi connectivity index (χ1v) is 14.1. The molecule has 0 radical (unpaired) electrons. The normalized spacial score (nSPS) is 18.1. The summed E-state index contributed by atoms with van der Waals surface area (Å²) in [6, 6.07) is 27.3. The van der Waals surface area contributed by atoms with E-state index in [0.29, 0.717) is 24.5 Å². The van der Waals surface area contributed by atoms with Crippen molar-refractivity contribution < 1.29 is 19.1 Å². The number of amides is 3. The highest BCUT2D eigenvalue weighted by molar-refractivity contribution is 5.97. The van der Waals surface area contributed by atoms with Gasteiger partial charge in [0.1, 0.15) is 11.8 Å². The number of nitrogens with one attached hydrogen (secondary N) is 2. The van der Waals surface area contributed by atoms with Crippen molar-refractivity contribution in [3.63, 3.8) is 0 Å². The van der Waals surface area contributed by atoms with Gasteiger partial charge in [0, 0.05) is 45.0 Å². The van der Waals surface area contributed by atoms with Crippen LogP contribution in [0.2, 0.25) is 0 Å². The van der Waals surface area contributed by atoms with Crippen molar-refractivity contribution in [1.29, 1.82) is 0 Å². The van der Waals surface area contributed by atoms with Crippen LogP contribution in [0.1, 0.15) is 23.6 Å². The SMILES string of the molecule is COc1ccc(NC(=O)C[C@@H]2C(=O)NCCN2C(=O)CN2CCN(C(c3ccccc3)c3ccccc3)CC2)cc1. The standard InChI is InChI=1S/C32H37N5O4/c1-41-27-14-12-26(13-15-27)34-29(38)22-28-32(40)33-16-17-37(28)30(39)23-35-18-20-36(21-19-35)31(24-8-4-2-5-9-24)25-10-6-3-7-11-25/h2-15,28,31H,16-23H2,1H3,(H,33,40)(H,34,38)/t28-/m1/s1. The van der Waals surface area contributed by atoms with Crippen molar-refractivity contribution in [1.82, 2.24) is 20.0 Å². The molecule has 0 unspecified atom stereocenters. The first-order chi connectivity index (χ1) is 20.0. The largest absolute Gasteiger partial charge is 0.497 e. The van der Waals surface area contributed by atoms with E-state index in [1.165, 1.54) is 11.1 Å². The van der Waals surface area contributed by atoms with Crippen LogP contribution < -0.4 is 15.4 Å². The molecule has 0 aromatic heterocycles. The Hall–Kier alpha value is -4.21. The zero-order valence-electron chi connectivity index (χ0n) is 23.4. The third kappa shape index (κ3) is 7.11. The summed E-state index contributed by atoms with van der Waals surface area (Å²) >= 11 is 0. The molecule has 0 aliphatic carbocycles. The lowest BCUT2D eigenvalue weighted by atomic mass is 9.96. The molecule has 2 aliphatic heterocycles. The zero-order valence-corrected chi connectivity index (χ0v) is 23.4. The molecule has 2 N–H and O–H groups in total. The molecule has 3 aromatic carbocycles. The molecule has 0 saturated carbocycles. The second kappa shape index (κ2) is 13.4. The van der Waals surface area contributed by atoms with E-state index < -0.39 is 6.04 Å². The molecule has 2 saturated heterocycles. The number of rotatable bonds is 9. The Kier molecular flexibility index (Phi) is 9.28. The number of ether oxygens (including phenoxy) is 1. The molecule has 214 valence electrons. The van der Waals surface area contributed by atoms with Gasteiger partial charge in [0.25, 0.3) is 0 Å². The van der Waals surface area contributed by atoms with Crippen molar-refractivity contribution >= 4 is 23.4 Å². The molecule has 3 aromatic rings. The number of piperazine rings is 2. The average molecular weight is 556 g/mol. The van der Waals surface area contributed by atoms with Crippen LogP contribution in [0.5, 0.6) is 5.75 Å². The fraction of sp³-hybridized carbons (Fsp3) is 0.344. The van der Waals surface area contributed by atoms with E-state index in [2.05, 4.69) is 69.0 Å². The molecule has 2 aliphatic rings.